The summed E-state index contributed by atoms with van der Waals surface area (Å²) >= 11 is 0. The smallest absolute Gasteiger partial charge is 0.198 e. The molecule has 0 amide bonds. The highest BCUT2D eigenvalue weighted by molar-refractivity contribution is 6.02. The van der Waals surface area contributed by atoms with E-state index >= 15 is 0 Å². The number of likely N-dealkylation sites (N-methyl/N-ethyl adjacent to an activating group) is 1. The summed E-state index contributed by atoms with van der Waals surface area (Å²) in [5.74, 6) is 0.782. The number of halogens is 1. The number of anilines is 1. The average molecular weight is 404 g/mol. The van der Waals surface area contributed by atoms with Crippen LogP contribution in [0.4, 0.5) is 10.1 Å². The molecule has 2 aliphatic rings. The van der Waals surface area contributed by atoms with Crippen LogP contribution >= 0.6 is 0 Å². The Hall–Kier alpha value is -2.91. The largest absolute Gasteiger partial charge is 0.438 e. The highest BCUT2D eigenvalue weighted by atomic mass is 19.1. The normalized spacial score (nSPS) is 19.1. The number of nitriles is 1. The van der Waals surface area contributed by atoms with Crippen molar-refractivity contribution < 1.29 is 8.81 Å². The Kier molecular flexibility index (Phi) is 4.52. The van der Waals surface area contributed by atoms with Crippen molar-refractivity contribution in [3.63, 3.8) is 0 Å². The zero-order chi connectivity index (χ0) is 21.0. The van der Waals surface area contributed by atoms with Gasteiger partial charge >= 0.3 is 0 Å². The topological polar surface area (TPSA) is 56.3 Å². The molecular formula is C24H25FN4O. The number of hydrogen-bond acceptors (Lipinski definition) is 5. The van der Waals surface area contributed by atoms with Crippen molar-refractivity contribution in [2.75, 3.05) is 32.1 Å². The number of benzene rings is 2. The molecule has 1 aliphatic heterocycles. The van der Waals surface area contributed by atoms with Crippen LogP contribution in [0.25, 0.3) is 22.2 Å². The fraction of sp³-hybridized carbons (Fsp3) is 0.417. The first-order chi connectivity index (χ1) is 14.5. The molecule has 0 bridgehead atoms. The second-order valence-electron chi connectivity index (χ2n) is 8.70. The lowest BCUT2D eigenvalue weighted by atomic mass is 9.93. The van der Waals surface area contributed by atoms with Crippen molar-refractivity contribution in [2.45, 2.75) is 38.1 Å². The summed E-state index contributed by atoms with van der Waals surface area (Å²) in [7, 11) is 4.20. The molecule has 2 aromatic carbocycles. The predicted molar refractivity (Wildman–Crippen MR) is 115 cm³/mol. The summed E-state index contributed by atoms with van der Waals surface area (Å²) in [6.45, 7) is 3.67. The molecule has 5 rings (SSSR count). The molecule has 1 aromatic heterocycles. The van der Waals surface area contributed by atoms with Gasteiger partial charge in [-0.1, -0.05) is 12.1 Å². The Morgan fingerprint density at radius 3 is 2.70 bits per heavy atom. The van der Waals surface area contributed by atoms with Gasteiger partial charge in [-0.3, -0.25) is 0 Å². The Labute approximate surface area is 175 Å². The molecular weight excluding hydrogens is 379 g/mol. The Morgan fingerprint density at radius 2 is 2.07 bits per heavy atom. The lowest BCUT2D eigenvalue weighted by Crippen LogP contribution is -2.31. The summed E-state index contributed by atoms with van der Waals surface area (Å²) in [5.41, 5.74) is 5.23. The monoisotopic (exact) mass is 404 g/mol. The standard InChI is InChI=1S/C24H25FN4O/c1-14-19(12-26)21-23(30-24(27-21)15-7-8-15)22(29-10-9-18(13-29)28(2)3)20(14)16-5-4-6-17(25)11-16/h4-6,11,15,18H,7-10,13H2,1-3H3. The minimum atomic E-state index is -0.291. The van der Waals surface area contributed by atoms with Crippen molar-refractivity contribution in [3.05, 3.63) is 47.1 Å². The molecule has 5 nitrogen and oxygen atoms in total. The molecule has 1 saturated carbocycles. The van der Waals surface area contributed by atoms with E-state index in [9.17, 15) is 9.65 Å². The molecule has 1 unspecified atom stereocenters. The van der Waals surface area contributed by atoms with E-state index in [-0.39, 0.29) is 5.82 Å². The minimum Gasteiger partial charge on any atom is -0.438 e. The molecule has 0 N–H and O–H groups in total. The van der Waals surface area contributed by atoms with Crippen LogP contribution in [0.1, 0.15) is 42.2 Å². The van der Waals surface area contributed by atoms with Crippen molar-refractivity contribution in [2.24, 2.45) is 0 Å². The predicted octanol–water partition coefficient (Wildman–Crippen LogP) is 4.83. The van der Waals surface area contributed by atoms with Crippen LogP contribution in [0, 0.1) is 24.1 Å². The molecule has 2 fully saturated rings. The van der Waals surface area contributed by atoms with E-state index < -0.39 is 0 Å². The minimum absolute atomic E-state index is 0.291. The molecule has 3 aromatic rings. The maximum Gasteiger partial charge on any atom is 0.198 e. The lowest BCUT2D eigenvalue weighted by molar-refractivity contribution is 0.315. The van der Waals surface area contributed by atoms with Gasteiger partial charge in [0, 0.05) is 30.6 Å². The Bertz CT molecular complexity index is 1170. The van der Waals surface area contributed by atoms with Gasteiger partial charge in [-0.25, -0.2) is 9.37 Å². The molecule has 1 saturated heterocycles. The highest BCUT2D eigenvalue weighted by Gasteiger charge is 2.34. The van der Waals surface area contributed by atoms with E-state index in [0.717, 1.165) is 60.6 Å². The van der Waals surface area contributed by atoms with Gasteiger partial charge < -0.3 is 14.2 Å². The van der Waals surface area contributed by atoms with Crippen LogP contribution in [0.5, 0.6) is 0 Å². The molecule has 1 aliphatic carbocycles. The van der Waals surface area contributed by atoms with E-state index in [1.807, 2.05) is 13.0 Å². The zero-order valence-electron chi connectivity index (χ0n) is 17.6. The Morgan fingerprint density at radius 1 is 1.27 bits per heavy atom. The fourth-order valence-electron chi connectivity index (χ4n) is 4.57. The molecule has 2 heterocycles. The molecule has 30 heavy (non-hydrogen) atoms. The van der Waals surface area contributed by atoms with Crippen molar-refractivity contribution in [1.29, 1.82) is 5.26 Å². The third-order valence-electron chi connectivity index (χ3n) is 6.44. The summed E-state index contributed by atoms with van der Waals surface area (Å²) in [4.78, 5) is 9.31. The van der Waals surface area contributed by atoms with Gasteiger partial charge in [-0.15, -0.1) is 0 Å². The van der Waals surface area contributed by atoms with Crippen LogP contribution in [-0.4, -0.2) is 43.1 Å². The van der Waals surface area contributed by atoms with Gasteiger partial charge in [-0.05, 0) is 63.5 Å². The fourth-order valence-corrected chi connectivity index (χ4v) is 4.57. The van der Waals surface area contributed by atoms with Gasteiger partial charge in [-0.2, -0.15) is 5.26 Å². The molecule has 0 radical (unpaired) electrons. The third-order valence-corrected chi connectivity index (χ3v) is 6.44. The number of nitrogens with zero attached hydrogens (tertiary/aromatic N) is 4. The van der Waals surface area contributed by atoms with E-state index in [4.69, 9.17) is 9.40 Å². The van der Waals surface area contributed by atoms with Crippen LogP contribution in [0.15, 0.2) is 28.7 Å². The van der Waals surface area contributed by atoms with Crippen molar-refractivity contribution >= 4 is 16.8 Å². The van der Waals surface area contributed by atoms with Crippen LogP contribution < -0.4 is 4.90 Å². The first-order valence-corrected chi connectivity index (χ1v) is 10.5. The van der Waals surface area contributed by atoms with E-state index in [1.165, 1.54) is 12.1 Å². The zero-order valence-corrected chi connectivity index (χ0v) is 17.6. The molecule has 0 spiro atoms. The number of rotatable bonds is 4. The summed E-state index contributed by atoms with van der Waals surface area (Å²) in [5, 5.41) is 9.95. The Balaban J connectivity index is 1.80. The maximum absolute atomic E-state index is 14.2. The number of oxazole rings is 1. The second-order valence-corrected chi connectivity index (χ2v) is 8.70. The van der Waals surface area contributed by atoms with Gasteiger partial charge in [0.1, 0.15) is 17.4 Å². The van der Waals surface area contributed by atoms with Crippen LogP contribution in [0.2, 0.25) is 0 Å². The lowest BCUT2D eigenvalue weighted by Gasteiger charge is -2.25. The van der Waals surface area contributed by atoms with Gasteiger partial charge in [0.25, 0.3) is 0 Å². The SMILES string of the molecule is Cc1c(-c2cccc(F)c2)c(N2CCC(N(C)C)C2)c2oc(C3CC3)nc2c1C#N. The second kappa shape index (κ2) is 7.10. The number of fused-ring (bicyclic) bond motifs is 1. The van der Waals surface area contributed by atoms with Crippen LogP contribution in [0.3, 0.4) is 0 Å². The molecule has 6 heteroatoms. The number of hydrogen-bond donors (Lipinski definition) is 0. The third kappa shape index (κ3) is 3.05. The highest BCUT2D eigenvalue weighted by Crippen LogP contribution is 2.47. The van der Waals surface area contributed by atoms with Gasteiger partial charge in [0.05, 0.1) is 11.3 Å². The number of aromatic nitrogens is 1. The van der Waals surface area contributed by atoms with E-state index in [2.05, 4.69) is 30.0 Å². The maximum atomic E-state index is 14.2. The van der Waals surface area contributed by atoms with Gasteiger partial charge in [0.2, 0.25) is 0 Å². The summed E-state index contributed by atoms with van der Waals surface area (Å²) < 4.78 is 20.5. The summed E-state index contributed by atoms with van der Waals surface area (Å²) in [6.07, 6.45) is 3.19. The van der Waals surface area contributed by atoms with Crippen molar-refractivity contribution in [3.8, 4) is 17.2 Å². The van der Waals surface area contributed by atoms with Gasteiger partial charge in [0.15, 0.2) is 11.5 Å². The van der Waals surface area contributed by atoms with E-state index in [0.29, 0.717) is 28.6 Å². The first kappa shape index (κ1) is 19.1. The molecule has 1 atom stereocenters. The first-order valence-electron chi connectivity index (χ1n) is 10.5. The van der Waals surface area contributed by atoms with Crippen molar-refractivity contribution in [1.82, 2.24) is 9.88 Å². The van der Waals surface area contributed by atoms with Crippen LogP contribution in [-0.2, 0) is 0 Å². The van der Waals surface area contributed by atoms with E-state index in [1.54, 1.807) is 6.07 Å². The average Bonchev–Trinajstić information content (AvgIpc) is 3.28. The quantitative estimate of drug-likeness (QED) is 0.623. The molecule has 154 valence electrons. The summed E-state index contributed by atoms with van der Waals surface area (Å²) in [6, 6.07) is 9.37.